The van der Waals surface area contributed by atoms with Gasteiger partial charge in [-0.3, -0.25) is 10.1 Å². The van der Waals surface area contributed by atoms with Gasteiger partial charge in [-0.15, -0.1) is 0 Å². The van der Waals surface area contributed by atoms with E-state index in [0.29, 0.717) is 6.07 Å². The molecule has 0 aliphatic heterocycles. The van der Waals surface area contributed by atoms with Gasteiger partial charge in [-0.1, -0.05) is 0 Å². The van der Waals surface area contributed by atoms with Crippen LogP contribution in [0.2, 0.25) is 0 Å². The van der Waals surface area contributed by atoms with Gasteiger partial charge < -0.3 is 4.74 Å². The molecule has 1 aromatic rings. The summed E-state index contributed by atoms with van der Waals surface area (Å²) < 4.78 is 29.2. The molecule has 16 heavy (non-hydrogen) atoms. The first kappa shape index (κ1) is 11.8. The fraction of sp³-hybridized carbons (Fsp3) is 0.250. The largest absolute Gasteiger partial charge is 0.476 e. The van der Waals surface area contributed by atoms with Crippen LogP contribution in [-0.2, 0) is 0 Å². The Kier molecular flexibility index (Phi) is 3.30. The summed E-state index contributed by atoms with van der Waals surface area (Å²) in [6.07, 6.45) is -2.93. The van der Waals surface area contributed by atoms with Crippen LogP contribution in [0, 0.1) is 21.4 Å². The molecule has 0 spiro atoms. The van der Waals surface area contributed by atoms with Gasteiger partial charge in [0.2, 0.25) is 0 Å². The highest BCUT2D eigenvalue weighted by atomic mass is 19.3. The van der Waals surface area contributed by atoms with Crippen LogP contribution in [0.25, 0.3) is 0 Å². The molecule has 1 aromatic heterocycles. The standard InChI is InChI=1S/C8H5F2N3O3/c1-16-8-6(13(14)15)4(3-11)2-5(12-8)7(9)10/h2,7H,1H3. The summed E-state index contributed by atoms with van der Waals surface area (Å²) in [7, 11) is 1.05. The number of rotatable bonds is 3. The lowest BCUT2D eigenvalue weighted by Gasteiger charge is -2.04. The Hall–Kier alpha value is -2.30. The monoisotopic (exact) mass is 229 g/mol. The SMILES string of the molecule is COc1nc(C(F)F)cc(C#N)c1[N+](=O)[O-]. The van der Waals surface area contributed by atoms with Crippen molar-refractivity contribution < 1.29 is 18.4 Å². The fourth-order valence-corrected chi connectivity index (χ4v) is 1.05. The smallest absolute Gasteiger partial charge is 0.348 e. The van der Waals surface area contributed by atoms with Gasteiger partial charge in [0, 0.05) is 0 Å². The topological polar surface area (TPSA) is 89.0 Å². The van der Waals surface area contributed by atoms with E-state index < -0.39 is 34.2 Å². The van der Waals surface area contributed by atoms with Gasteiger partial charge in [-0.25, -0.2) is 13.8 Å². The second-order valence-corrected chi connectivity index (χ2v) is 2.62. The maximum Gasteiger partial charge on any atom is 0.348 e. The van der Waals surface area contributed by atoms with Crippen molar-refractivity contribution >= 4 is 5.69 Å². The number of nitro groups is 1. The Morgan fingerprint density at radius 2 is 2.31 bits per heavy atom. The van der Waals surface area contributed by atoms with Crippen LogP contribution in [0.15, 0.2) is 6.07 Å². The number of aromatic nitrogens is 1. The van der Waals surface area contributed by atoms with Crippen molar-refractivity contribution in [3.8, 4) is 11.9 Å². The molecule has 0 atom stereocenters. The number of hydrogen-bond donors (Lipinski definition) is 0. The Labute approximate surface area is 88.2 Å². The summed E-state index contributed by atoms with van der Waals surface area (Å²) in [5.41, 5.74) is -1.96. The fourth-order valence-electron chi connectivity index (χ4n) is 1.05. The minimum atomic E-state index is -2.93. The predicted octanol–water partition coefficient (Wildman–Crippen LogP) is 1.81. The lowest BCUT2D eigenvalue weighted by molar-refractivity contribution is -0.386. The number of hydrogen-bond acceptors (Lipinski definition) is 5. The molecule has 0 bridgehead atoms. The molecule has 0 aliphatic carbocycles. The number of methoxy groups -OCH3 is 1. The molecule has 0 unspecified atom stereocenters. The molecule has 0 amide bonds. The summed E-state index contributed by atoms with van der Waals surface area (Å²) in [6, 6.07) is 2.12. The predicted molar refractivity (Wildman–Crippen MR) is 47.1 cm³/mol. The Morgan fingerprint density at radius 1 is 1.69 bits per heavy atom. The van der Waals surface area contributed by atoms with Crippen molar-refractivity contribution in [1.29, 1.82) is 5.26 Å². The van der Waals surface area contributed by atoms with E-state index in [1.807, 2.05) is 0 Å². The third-order valence-corrected chi connectivity index (χ3v) is 1.70. The number of alkyl halides is 2. The highest BCUT2D eigenvalue weighted by Gasteiger charge is 2.26. The van der Waals surface area contributed by atoms with E-state index >= 15 is 0 Å². The zero-order chi connectivity index (χ0) is 12.3. The number of nitriles is 1. The highest BCUT2D eigenvalue weighted by Crippen LogP contribution is 2.31. The van der Waals surface area contributed by atoms with Gasteiger partial charge in [0.25, 0.3) is 12.3 Å². The van der Waals surface area contributed by atoms with Gasteiger partial charge in [0.15, 0.2) is 0 Å². The third kappa shape index (κ3) is 2.03. The Morgan fingerprint density at radius 3 is 2.69 bits per heavy atom. The molecule has 8 heteroatoms. The molecule has 1 heterocycles. The van der Waals surface area contributed by atoms with Crippen LogP contribution >= 0.6 is 0 Å². The quantitative estimate of drug-likeness (QED) is 0.582. The molecule has 0 saturated carbocycles. The van der Waals surface area contributed by atoms with Gasteiger partial charge >= 0.3 is 5.69 Å². The zero-order valence-electron chi connectivity index (χ0n) is 7.98. The van der Waals surface area contributed by atoms with Gasteiger partial charge in [-0.05, 0) is 6.07 Å². The van der Waals surface area contributed by atoms with E-state index in [-0.39, 0.29) is 0 Å². The zero-order valence-corrected chi connectivity index (χ0v) is 7.98. The lowest BCUT2D eigenvalue weighted by atomic mass is 10.2. The van der Waals surface area contributed by atoms with E-state index in [0.717, 1.165) is 7.11 Å². The molecular formula is C8H5F2N3O3. The normalized spacial score (nSPS) is 9.94. The van der Waals surface area contributed by atoms with E-state index in [9.17, 15) is 18.9 Å². The molecule has 0 saturated heterocycles. The van der Waals surface area contributed by atoms with E-state index in [1.54, 1.807) is 0 Å². The molecule has 1 rings (SSSR count). The van der Waals surface area contributed by atoms with Crippen molar-refractivity contribution in [1.82, 2.24) is 4.98 Å². The molecule has 0 radical (unpaired) electrons. The summed E-state index contributed by atoms with van der Waals surface area (Å²) in [4.78, 5) is 12.9. The highest BCUT2D eigenvalue weighted by molar-refractivity contribution is 5.55. The maximum atomic E-state index is 12.3. The van der Waals surface area contributed by atoms with Crippen molar-refractivity contribution in [2.24, 2.45) is 0 Å². The average Bonchev–Trinajstić information content (AvgIpc) is 2.26. The van der Waals surface area contributed by atoms with Crippen molar-refractivity contribution in [3.63, 3.8) is 0 Å². The Balaban J connectivity index is 3.51. The molecule has 0 aliphatic rings. The lowest BCUT2D eigenvalue weighted by Crippen LogP contribution is -2.02. The average molecular weight is 229 g/mol. The first-order valence-corrected chi connectivity index (χ1v) is 3.92. The number of ether oxygens (including phenoxy) is 1. The van der Waals surface area contributed by atoms with Crippen LogP contribution in [0.3, 0.4) is 0 Å². The molecule has 0 N–H and O–H groups in total. The Bertz CT molecular complexity index is 470. The minimum absolute atomic E-state index is 0.507. The van der Waals surface area contributed by atoms with Crippen LogP contribution in [0.1, 0.15) is 17.7 Å². The van der Waals surface area contributed by atoms with Crippen LogP contribution in [-0.4, -0.2) is 17.0 Å². The van der Waals surface area contributed by atoms with Crippen molar-refractivity contribution in [2.75, 3.05) is 7.11 Å². The molecule has 6 nitrogen and oxygen atoms in total. The van der Waals surface area contributed by atoms with Gasteiger partial charge in [0.05, 0.1) is 12.0 Å². The number of halogens is 2. The van der Waals surface area contributed by atoms with Crippen molar-refractivity contribution in [3.05, 3.63) is 27.4 Å². The maximum absolute atomic E-state index is 12.3. The minimum Gasteiger partial charge on any atom is -0.476 e. The molecule has 0 aromatic carbocycles. The summed E-state index contributed by atoms with van der Waals surface area (Å²) in [5.74, 6) is -0.598. The summed E-state index contributed by atoms with van der Waals surface area (Å²) in [5, 5.41) is 19.2. The number of nitrogens with zero attached hydrogens (tertiary/aromatic N) is 3. The van der Waals surface area contributed by atoms with Crippen LogP contribution in [0.4, 0.5) is 14.5 Å². The van der Waals surface area contributed by atoms with Gasteiger partial charge in [0.1, 0.15) is 17.3 Å². The van der Waals surface area contributed by atoms with E-state index in [2.05, 4.69) is 9.72 Å². The second kappa shape index (κ2) is 4.48. The summed E-state index contributed by atoms with van der Waals surface area (Å²) >= 11 is 0. The first-order chi connectivity index (χ1) is 7.51. The molecule has 0 fully saturated rings. The van der Waals surface area contributed by atoms with Crippen LogP contribution in [0.5, 0.6) is 5.88 Å². The third-order valence-electron chi connectivity index (χ3n) is 1.70. The van der Waals surface area contributed by atoms with Crippen molar-refractivity contribution in [2.45, 2.75) is 6.43 Å². The molecular weight excluding hydrogens is 224 g/mol. The first-order valence-electron chi connectivity index (χ1n) is 3.92. The van der Waals surface area contributed by atoms with Gasteiger partial charge in [-0.2, -0.15) is 5.26 Å². The van der Waals surface area contributed by atoms with E-state index in [1.165, 1.54) is 6.07 Å². The number of pyridine rings is 1. The molecule has 84 valence electrons. The summed E-state index contributed by atoms with van der Waals surface area (Å²) in [6.45, 7) is 0. The second-order valence-electron chi connectivity index (χ2n) is 2.62. The van der Waals surface area contributed by atoms with Crippen LogP contribution < -0.4 is 4.74 Å². The van der Waals surface area contributed by atoms with E-state index in [4.69, 9.17) is 5.26 Å².